The number of hydrogen-bond donors (Lipinski definition) is 1. The van der Waals surface area contributed by atoms with E-state index in [9.17, 15) is 4.39 Å². The summed E-state index contributed by atoms with van der Waals surface area (Å²) in [6.45, 7) is 8.96. The number of nitrogens with one attached hydrogen (secondary N) is 1. The van der Waals surface area contributed by atoms with Gasteiger partial charge in [-0.05, 0) is 19.2 Å². The van der Waals surface area contributed by atoms with E-state index in [4.69, 9.17) is 0 Å². The first-order valence-corrected chi connectivity index (χ1v) is 5.94. The van der Waals surface area contributed by atoms with Gasteiger partial charge in [-0.25, -0.2) is 4.39 Å². The Morgan fingerprint density at radius 3 is 2.28 bits per heavy atom. The number of rotatable bonds is 7. The zero-order valence-corrected chi connectivity index (χ0v) is 12.6. The molecule has 0 heterocycles. The first-order chi connectivity index (χ1) is 7.77. The fourth-order valence-corrected chi connectivity index (χ4v) is 1.64. The molecule has 0 saturated heterocycles. The zero-order valence-electron chi connectivity index (χ0n) is 11.0. The van der Waals surface area contributed by atoms with Crippen molar-refractivity contribution in [1.82, 2.24) is 10.2 Å². The van der Waals surface area contributed by atoms with Crippen LogP contribution in [0.15, 0.2) is 24.3 Å². The molecule has 0 fully saturated rings. The second-order valence-electron chi connectivity index (χ2n) is 3.80. The Morgan fingerprint density at radius 2 is 1.72 bits per heavy atom. The summed E-state index contributed by atoms with van der Waals surface area (Å²) in [5.74, 6) is -0.127. The number of halogens is 3. The van der Waals surface area contributed by atoms with Gasteiger partial charge in [-0.3, -0.25) is 0 Å². The Kier molecular flexibility index (Phi) is 13.0. The van der Waals surface area contributed by atoms with Crippen LogP contribution in [0, 0.1) is 5.82 Å². The number of nitrogens with zero attached hydrogens (tertiary/aromatic N) is 1. The molecule has 0 aliphatic rings. The van der Waals surface area contributed by atoms with Crippen molar-refractivity contribution < 1.29 is 4.39 Å². The van der Waals surface area contributed by atoms with Crippen LogP contribution in [-0.4, -0.2) is 31.1 Å². The highest BCUT2D eigenvalue weighted by Gasteiger charge is 2.00. The van der Waals surface area contributed by atoms with Gasteiger partial charge in [0, 0.05) is 25.2 Å². The van der Waals surface area contributed by atoms with Crippen LogP contribution < -0.4 is 5.32 Å². The summed E-state index contributed by atoms with van der Waals surface area (Å²) >= 11 is 0. The van der Waals surface area contributed by atoms with Crippen molar-refractivity contribution in [3.8, 4) is 0 Å². The second kappa shape index (κ2) is 11.7. The van der Waals surface area contributed by atoms with E-state index in [2.05, 4.69) is 24.1 Å². The lowest BCUT2D eigenvalue weighted by Gasteiger charge is -2.18. The van der Waals surface area contributed by atoms with Crippen molar-refractivity contribution in [1.29, 1.82) is 0 Å². The summed E-state index contributed by atoms with van der Waals surface area (Å²) in [6, 6.07) is 6.90. The predicted molar refractivity (Wildman–Crippen MR) is 80.4 cm³/mol. The van der Waals surface area contributed by atoms with Crippen LogP contribution in [0.2, 0.25) is 0 Å². The van der Waals surface area contributed by atoms with Crippen molar-refractivity contribution in [3.63, 3.8) is 0 Å². The van der Waals surface area contributed by atoms with Gasteiger partial charge in [0.25, 0.3) is 0 Å². The monoisotopic (exact) mass is 296 g/mol. The lowest BCUT2D eigenvalue weighted by atomic mass is 10.2. The molecule has 0 atom stereocenters. The van der Waals surface area contributed by atoms with E-state index in [1.807, 2.05) is 12.1 Å². The van der Waals surface area contributed by atoms with Crippen LogP contribution in [-0.2, 0) is 6.54 Å². The van der Waals surface area contributed by atoms with Crippen LogP contribution in [0.3, 0.4) is 0 Å². The number of likely N-dealkylation sites (N-methyl/N-ethyl adjacent to an activating group) is 1. The summed E-state index contributed by atoms with van der Waals surface area (Å²) in [6.07, 6.45) is 0. The Hall–Kier alpha value is -0.350. The maximum atomic E-state index is 13.3. The van der Waals surface area contributed by atoms with Gasteiger partial charge in [-0.15, -0.1) is 24.8 Å². The molecule has 0 unspecified atom stereocenters. The minimum Gasteiger partial charge on any atom is -0.311 e. The second-order valence-corrected chi connectivity index (χ2v) is 3.80. The summed E-state index contributed by atoms with van der Waals surface area (Å²) in [7, 11) is 0. The molecule has 0 spiro atoms. The molecule has 5 heteroatoms. The lowest BCUT2D eigenvalue weighted by molar-refractivity contribution is 0.302. The Balaban J connectivity index is 0. The SMILES string of the molecule is CCN(CC)CCNCc1ccccc1F.Cl.Cl. The molecule has 106 valence electrons. The van der Waals surface area contributed by atoms with Crippen molar-refractivity contribution in [2.24, 2.45) is 0 Å². The largest absolute Gasteiger partial charge is 0.311 e. The van der Waals surface area contributed by atoms with Gasteiger partial charge in [0.1, 0.15) is 5.82 Å². The van der Waals surface area contributed by atoms with Crippen molar-refractivity contribution in [2.75, 3.05) is 26.2 Å². The molecule has 2 nitrogen and oxygen atoms in total. The standard InChI is InChI=1S/C13H21FN2.2ClH/c1-3-16(4-2)10-9-15-11-12-7-5-6-8-13(12)14;;/h5-8,15H,3-4,9-11H2,1-2H3;2*1H. The molecule has 0 aliphatic carbocycles. The topological polar surface area (TPSA) is 15.3 Å². The molecular weight excluding hydrogens is 274 g/mol. The van der Waals surface area contributed by atoms with Gasteiger partial charge < -0.3 is 10.2 Å². The molecular formula is C13H23Cl2FN2. The summed E-state index contributed by atoms with van der Waals surface area (Å²) in [5, 5.41) is 3.26. The van der Waals surface area contributed by atoms with E-state index in [0.717, 1.165) is 31.7 Å². The first-order valence-electron chi connectivity index (χ1n) is 5.94. The maximum Gasteiger partial charge on any atom is 0.127 e. The van der Waals surface area contributed by atoms with Crippen LogP contribution in [0.5, 0.6) is 0 Å². The average molecular weight is 297 g/mol. The highest BCUT2D eigenvalue weighted by atomic mass is 35.5. The highest BCUT2D eigenvalue weighted by Crippen LogP contribution is 2.05. The van der Waals surface area contributed by atoms with Crippen molar-refractivity contribution >= 4 is 24.8 Å². The van der Waals surface area contributed by atoms with Gasteiger partial charge in [0.05, 0.1) is 0 Å². The Morgan fingerprint density at radius 1 is 1.11 bits per heavy atom. The minimum atomic E-state index is -0.127. The average Bonchev–Trinajstić information content (AvgIpc) is 2.31. The van der Waals surface area contributed by atoms with Crippen LogP contribution >= 0.6 is 24.8 Å². The molecule has 0 aromatic heterocycles. The van der Waals surface area contributed by atoms with E-state index < -0.39 is 0 Å². The highest BCUT2D eigenvalue weighted by molar-refractivity contribution is 5.85. The van der Waals surface area contributed by atoms with E-state index in [0.29, 0.717) is 6.54 Å². The van der Waals surface area contributed by atoms with Crippen LogP contribution in [0.4, 0.5) is 4.39 Å². The first kappa shape index (κ1) is 20.0. The van der Waals surface area contributed by atoms with Crippen molar-refractivity contribution in [2.45, 2.75) is 20.4 Å². The van der Waals surface area contributed by atoms with E-state index >= 15 is 0 Å². The van der Waals surface area contributed by atoms with E-state index in [-0.39, 0.29) is 30.6 Å². The molecule has 1 rings (SSSR count). The smallest absolute Gasteiger partial charge is 0.127 e. The molecule has 0 radical (unpaired) electrons. The van der Waals surface area contributed by atoms with Gasteiger partial charge in [0.2, 0.25) is 0 Å². The third kappa shape index (κ3) is 7.17. The molecule has 0 aliphatic heterocycles. The third-order valence-electron chi connectivity index (χ3n) is 2.77. The lowest BCUT2D eigenvalue weighted by Crippen LogP contribution is -2.31. The van der Waals surface area contributed by atoms with Gasteiger partial charge in [-0.2, -0.15) is 0 Å². The fraction of sp³-hybridized carbons (Fsp3) is 0.538. The quantitative estimate of drug-likeness (QED) is 0.778. The Bertz CT molecular complexity index is 307. The number of benzene rings is 1. The van der Waals surface area contributed by atoms with Gasteiger partial charge in [0.15, 0.2) is 0 Å². The maximum absolute atomic E-state index is 13.3. The van der Waals surface area contributed by atoms with Gasteiger partial charge >= 0.3 is 0 Å². The van der Waals surface area contributed by atoms with Crippen LogP contribution in [0.1, 0.15) is 19.4 Å². The summed E-state index contributed by atoms with van der Waals surface area (Å²) in [4.78, 5) is 2.34. The summed E-state index contributed by atoms with van der Waals surface area (Å²) in [5.41, 5.74) is 0.738. The molecule has 0 amide bonds. The zero-order chi connectivity index (χ0) is 11.8. The van der Waals surface area contributed by atoms with E-state index in [1.165, 1.54) is 6.07 Å². The molecule has 1 aromatic rings. The predicted octanol–water partition coefficient (Wildman–Crippen LogP) is 3.10. The van der Waals surface area contributed by atoms with Crippen LogP contribution in [0.25, 0.3) is 0 Å². The third-order valence-corrected chi connectivity index (χ3v) is 2.77. The van der Waals surface area contributed by atoms with E-state index in [1.54, 1.807) is 6.07 Å². The minimum absolute atomic E-state index is 0. The molecule has 1 N–H and O–H groups in total. The normalized spacial score (nSPS) is 9.78. The molecule has 0 bridgehead atoms. The summed E-state index contributed by atoms with van der Waals surface area (Å²) < 4.78 is 13.3. The molecule has 0 saturated carbocycles. The van der Waals surface area contributed by atoms with Gasteiger partial charge in [-0.1, -0.05) is 32.0 Å². The molecule has 1 aromatic carbocycles. The Labute approximate surface area is 122 Å². The fourth-order valence-electron chi connectivity index (χ4n) is 1.64. The molecule has 18 heavy (non-hydrogen) atoms. The van der Waals surface area contributed by atoms with Crippen molar-refractivity contribution in [3.05, 3.63) is 35.6 Å². The number of hydrogen-bond acceptors (Lipinski definition) is 2.